The van der Waals surface area contributed by atoms with Gasteiger partial charge in [0.05, 0.1) is 0 Å². The number of halogens is 1. The van der Waals surface area contributed by atoms with E-state index in [0.29, 0.717) is 0 Å². The van der Waals surface area contributed by atoms with E-state index in [4.69, 9.17) is 0 Å². The first-order chi connectivity index (χ1) is 15.0. The first-order valence-electron chi connectivity index (χ1n) is 10.8. The lowest BCUT2D eigenvalue weighted by atomic mass is 9.98. The van der Waals surface area contributed by atoms with E-state index in [9.17, 15) is 9.18 Å². The zero-order valence-electron chi connectivity index (χ0n) is 17.9. The molecule has 0 bridgehead atoms. The Bertz CT molecular complexity index is 1170. The number of rotatable bonds is 4. The zero-order chi connectivity index (χ0) is 21.5. The van der Waals surface area contributed by atoms with Gasteiger partial charge in [0.15, 0.2) is 0 Å². The highest BCUT2D eigenvalue weighted by atomic mass is 19.1. The van der Waals surface area contributed by atoms with Gasteiger partial charge in [0.2, 0.25) is 0 Å². The summed E-state index contributed by atoms with van der Waals surface area (Å²) in [6.07, 6.45) is 11.8. The Morgan fingerprint density at radius 1 is 1.26 bits per heavy atom. The van der Waals surface area contributed by atoms with Crippen molar-refractivity contribution in [3.05, 3.63) is 77.0 Å². The Hall–Kier alpha value is -3.12. The molecule has 1 aromatic carbocycles. The molecule has 0 fully saturated rings. The molecule has 0 aliphatic carbocycles. The average Bonchev–Trinajstić information content (AvgIpc) is 3.18. The highest BCUT2D eigenvalue weighted by Gasteiger charge is 2.31. The molecule has 1 aromatic heterocycles. The largest absolute Gasteiger partial charge is 0.365 e. The van der Waals surface area contributed by atoms with Crippen LogP contribution in [0.1, 0.15) is 32.3 Å². The summed E-state index contributed by atoms with van der Waals surface area (Å²) in [6.45, 7) is 6.59. The Balaban J connectivity index is 1.25. The molecule has 5 rings (SSSR count). The van der Waals surface area contributed by atoms with Gasteiger partial charge >= 0.3 is 0 Å². The maximum atomic E-state index is 13.7. The SMILES string of the molecule is CC1=CN2C(=O)C(CCN3CC=C(c4c[nH]c5ccc(F)cc45)CC3)=C(C)NC2C=C1. The number of benzene rings is 1. The summed E-state index contributed by atoms with van der Waals surface area (Å²) in [4.78, 5) is 20.4. The first-order valence-corrected chi connectivity index (χ1v) is 10.8. The maximum absolute atomic E-state index is 13.7. The molecule has 6 heteroatoms. The molecule has 0 saturated carbocycles. The van der Waals surface area contributed by atoms with E-state index in [2.05, 4.69) is 21.3 Å². The van der Waals surface area contributed by atoms with Crippen LogP contribution in [0.5, 0.6) is 0 Å². The van der Waals surface area contributed by atoms with Gasteiger partial charge in [-0.3, -0.25) is 14.6 Å². The molecule has 1 unspecified atom stereocenters. The fraction of sp³-hybridized carbons (Fsp3) is 0.320. The lowest BCUT2D eigenvalue weighted by Gasteiger charge is -2.37. The van der Waals surface area contributed by atoms with Crippen LogP contribution in [-0.4, -0.2) is 46.5 Å². The van der Waals surface area contributed by atoms with E-state index in [1.54, 1.807) is 17.0 Å². The van der Waals surface area contributed by atoms with Crippen molar-refractivity contribution in [1.82, 2.24) is 20.1 Å². The molecule has 0 saturated heterocycles. The molecule has 4 heterocycles. The van der Waals surface area contributed by atoms with E-state index in [1.165, 1.54) is 11.6 Å². The second kappa shape index (κ2) is 7.85. The molecule has 3 aliphatic rings. The van der Waals surface area contributed by atoms with Crippen LogP contribution in [0.15, 0.2) is 65.7 Å². The molecule has 0 radical (unpaired) electrons. The third-order valence-corrected chi connectivity index (χ3v) is 6.45. The summed E-state index contributed by atoms with van der Waals surface area (Å²) in [5.74, 6) is -0.115. The Labute approximate surface area is 181 Å². The van der Waals surface area contributed by atoms with E-state index in [-0.39, 0.29) is 17.9 Å². The van der Waals surface area contributed by atoms with Crippen molar-refractivity contribution in [2.45, 2.75) is 32.9 Å². The monoisotopic (exact) mass is 418 g/mol. The first kappa shape index (κ1) is 19.8. The maximum Gasteiger partial charge on any atom is 0.257 e. The minimum absolute atomic E-state index is 0.0820. The van der Waals surface area contributed by atoms with Gasteiger partial charge in [-0.15, -0.1) is 0 Å². The average molecular weight is 419 g/mol. The second-order valence-electron chi connectivity index (χ2n) is 8.56. The normalized spacial score (nSPS) is 21.8. The number of carbonyl (C=O) groups excluding carboxylic acids is 1. The molecule has 31 heavy (non-hydrogen) atoms. The third kappa shape index (κ3) is 3.72. The number of allylic oxidation sites excluding steroid dienone is 3. The zero-order valence-corrected chi connectivity index (χ0v) is 17.9. The minimum atomic E-state index is -0.211. The van der Waals surface area contributed by atoms with Gasteiger partial charge in [-0.1, -0.05) is 12.2 Å². The topological polar surface area (TPSA) is 51.4 Å². The number of nitrogens with one attached hydrogen (secondary N) is 2. The molecule has 2 N–H and O–H groups in total. The van der Waals surface area contributed by atoms with E-state index >= 15 is 0 Å². The molecule has 5 nitrogen and oxygen atoms in total. The van der Waals surface area contributed by atoms with E-state index in [1.807, 2.05) is 38.4 Å². The predicted octanol–water partition coefficient (Wildman–Crippen LogP) is 4.29. The summed E-state index contributed by atoms with van der Waals surface area (Å²) >= 11 is 0. The van der Waals surface area contributed by atoms with Crippen molar-refractivity contribution in [3.63, 3.8) is 0 Å². The number of hydrogen-bond donors (Lipinski definition) is 2. The smallest absolute Gasteiger partial charge is 0.257 e. The molecule has 0 spiro atoms. The van der Waals surface area contributed by atoms with Crippen molar-refractivity contribution in [2.24, 2.45) is 0 Å². The van der Waals surface area contributed by atoms with Crippen LogP contribution >= 0.6 is 0 Å². The standard InChI is InChI=1S/C25H27FN4O/c1-16-3-6-24-28-17(2)20(25(31)30(24)15-16)9-12-29-10-7-18(8-11-29)22-14-27-23-5-4-19(26)13-21(22)23/h3-7,13-15,24,27-28H,8-12H2,1-2H3. The van der Waals surface area contributed by atoms with Crippen LogP contribution in [0.2, 0.25) is 0 Å². The summed E-state index contributed by atoms with van der Waals surface area (Å²) in [7, 11) is 0. The molecule has 160 valence electrons. The highest BCUT2D eigenvalue weighted by Crippen LogP contribution is 2.30. The van der Waals surface area contributed by atoms with Crippen LogP contribution in [0, 0.1) is 5.82 Å². The van der Waals surface area contributed by atoms with E-state index < -0.39 is 0 Å². The summed E-state index contributed by atoms with van der Waals surface area (Å²) in [5.41, 5.74) is 6.21. The second-order valence-corrected chi connectivity index (χ2v) is 8.56. The van der Waals surface area contributed by atoms with Gasteiger partial charge < -0.3 is 10.3 Å². The molecule has 3 aliphatic heterocycles. The molecular weight excluding hydrogens is 391 g/mol. The number of nitrogens with zero attached hydrogens (tertiary/aromatic N) is 2. The number of hydrogen-bond acceptors (Lipinski definition) is 3. The van der Waals surface area contributed by atoms with Gasteiger partial charge in [0, 0.05) is 59.8 Å². The molecule has 2 aromatic rings. The summed E-state index contributed by atoms with van der Waals surface area (Å²) in [5, 5.41) is 4.38. The van der Waals surface area contributed by atoms with Gasteiger partial charge in [-0.2, -0.15) is 0 Å². The van der Waals surface area contributed by atoms with Gasteiger partial charge in [0.25, 0.3) is 5.91 Å². The summed E-state index contributed by atoms with van der Waals surface area (Å²) in [6, 6.07) is 4.87. The number of amides is 1. The third-order valence-electron chi connectivity index (χ3n) is 6.45. The number of H-pyrrole nitrogens is 1. The van der Waals surface area contributed by atoms with E-state index in [0.717, 1.165) is 65.8 Å². The van der Waals surface area contributed by atoms with Crippen molar-refractivity contribution in [1.29, 1.82) is 0 Å². The predicted molar refractivity (Wildman–Crippen MR) is 121 cm³/mol. The Kier molecular flexibility index (Phi) is 5.02. The van der Waals surface area contributed by atoms with Crippen LogP contribution in [0.3, 0.4) is 0 Å². The fourth-order valence-corrected chi connectivity index (χ4v) is 4.69. The lowest BCUT2D eigenvalue weighted by molar-refractivity contribution is -0.127. The number of fused-ring (bicyclic) bond motifs is 2. The van der Waals surface area contributed by atoms with Gasteiger partial charge in [-0.25, -0.2) is 4.39 Å². The van der Waals surface area contributed by atoms with Crippen molar-refractivity contribution in [3.8, 4) is 0 Å². The molecule has 1 amide bonds. The summed E-state index contributed by atoms with van der Waals surface area (Å²) < 4.78 is 13.7. The van der Waals surface area contributed by atoms with Crippen LogP contribution in [0.4, 0.5) is 4.39 Å². The van der Waals surface area contributed by atoms with Crippen LogP contribution in [0.25, 0.3) is 16.5 Å². The quantitative estimate of drug-likeness (QED) is 0.779. The molecule has 1 atom stereocenters. The Morgan fingerprint density at radius 2 is 2.13 bits per heavy atom. The fourth-order valence-electron chi connectivity index (χ4n) is 4.69. The van der Waals surface area contributed by atoms with Crippen LogP contribution in [-0.2, 0) is 4.79 Å². The van der Waals surface area contributed by atoms with Crippen LogP contribution < -0.4 is 5.32 Å². The Morgan fingerprint density at radius 3 is 2.94 bits per heavy atom. The van der Waals surface area contributed by atoms with Gasteiger partial charge in [0.1, 0.15) is 12.0 Å². The lowest BCUT2D eigenvalue weighted by Crippen LogP contribution is -2.50. The van der Waals surface area contributed by atoms with Gasteiger partial charge in [-0.05, 0) is 62.1 Å². The number of aromatic nitrogens is 1. The van der Waals surface area contributed by atoms with Crippen molar-refractivity contribution < 1.29 is 9.18 Å². The van der Waals surface area contributed by atoms with Crippen molar-refractivity contribution in [2.75, 3.05) is 19.6 Å². The highest BCUT2D eigenvalue weighted by molar-refractivity contribution is 5.96. The number of carbonyl (C=O) groups is 1. The van der Waals surface area contributed by atoms with Crippen molar-refractivity contribution >= 4 is 22.4 Å². The molecular formula is C25H27FN4O. The number of aromatic amines is 1. The minimum Gasteiger partial charge on any atom is -0.365 e.